The molecule has 1 aromatic heterocycles. The zero-order valence-corrected chi connectivity index (χ0v) is 18.9. The molecule has 2 N–H and O–H groups in total. The minimum atomic E-state index is -4.87. The summed E-state index contributed by atoms with van der Waals surface area (Å²) in [6.07, 6.45) is -3.88. The molecule has 2 unspecified atom stereocenters. The number of nitrogens with zero attached hydrogens (tertiary/aromatic N) is 4. The first-order valence-corrected chi connectivity index (χ1v) is 10.7. The van der Waals surface area contributed by atoms with E-state index >= 15 is 0 Å². The number of anilines is 1. The Morgan fingerprint density at radius 2 is 2.09 bits per heavy atom. The maximum Gasteiger partial charge on any atom is 0.419 e. The van der Waals surface area contributed by atoms with Crippen LogP contribution < -0.4 is 10.2 Å². The van der Waals surface area contributed by atoms with E-state index in [-0.39, 0.29) is 35.9 Å². The molecular formula is C22H17F4N5O3S. The summed E-state index contributed by atoms with van der Waals surface area (Å²) in [6, 6.07) is 3.03. The molecule has 8 nitrogen and oxygen atoms in total. The molecule has 0 radical (unpaired) electrons. The smallest absolute Gasteiger partial charge is 0.394 e. The summed E-state index contributed by atoms with van der Waals surface area (Å²) in [5, 5.41) is 20.5. The lowest BCUT2D eigenvalue weighted by molar-refractivity contribution is -0.138. The van der Waals surface area contributed by atoms with E-state index in [1.807, 2.05) is 0 Å². The third kappa shape index (κ3) is 4.30. The lowest BCUT2D eigenvalue weighted by Crippen LogP contribution is -2.40. The second-order valence-electron chi connectivity index (χ2n) is 8.16. The highest BCUT2D eigenvalue weighted by Crippen LogP contribution is 2.37. The quantitative estimate of drug-likeness (QED) is 0.483. The number of nitrogens with one attached hydrogen (secondary N) is 1. The predicted molar refractivity (Wildman–Crippen MR) is 117 cm³/mol. The van der Waals surface area contributed by atoms with Gasteiger partial charge in [0.15, 0.2) is 10.8 Å². The van der Waals surface area contributed by atoms with Crippen molar-refractivity contribution in [2.24, 2.45) is 0 Å². The molecule has 2 amide bonds. The van der Waals surface area contributed by atoms with Gasteiger partial charge in [0, 0.05) is 19.0 Å². The van der Waals surface area contributed by atoms with Crippen molar-refractivity contribution in [3.05, 3.63) is 58.2 Å². The van der Waals surface area contributed by atoms with Crippen LogP contribution in [-0.4, -0.2) is 50.6 Å². The molecule has 2 aliphatic heterocycles. The minimum Gasteiger partial charge on any atom is -0.394 e. The van der Waals surface area contributed by atoms with Crippen LogP contribution in [0.2, 0.25) is 0 Å². The molecule has 0 aliphatic carbocycles. The molecule has 2 aliphatic rings. The Morgan fingerprint density at radius 1 is 1.37 bits per heavy atom. The fourth-order valence-electron chi connectivity index (χ4n) is 4.04. The van der Waals surface area contributed by atoms with Crippen LogP contribution in [0.25, 0.3) is 0 Å². The third-order valence-electron chi connectivity index (χ3n) is 5.80. The number of rotatable bonds is 4. The molecule has 0 bridgehead atoms. The molecule has 3 heterocycles. The Kier molecular flexibility index (Phi) is 6.20. The Labute approximate surface area is 201 Å². The number of carbonyl (C=O) groups is 2. The summed E-state index contributed by atoms with van der Waals surface area (Å²) in [6.45, 7) is 1.23. The predicted octanol–water partition coefficient (Wildman–Crippen LogP) is 2.28. The number of fused-ring (bicyclic) bond motifs is 2. The highest BCUT2D eigenvalue weighted by atomic mass is 32.1. The van der Waals surface area contributed by atoms with Gasteiger partial charge in [-0.3, -0.25) is 14.5 Å². The van der Waals surface area contributed by atoms with Crippen LogP contribution in [-0.2, 0) is 23.9 Å². The maximum absolute atomic E-state index is 14.7. The van der Waals surface area contributed by atoms with E-state index in [0.717, 1.165) is 17.2 Å². The minimum absolute atomic E-state index is 0.0203. The Morgan fingerprint density at radius 3 is 2.71 bits per heavy atom. The molecule has 0 saturated carbocycles. The van der Waals surface area contributed by atoms with E-state index in [0.29, 0.717) is 17.2 Å². The number of aromatic nitrogens is 1. The first kappa shape index (κ1) is 24.5. The second kappa shape index (κ2) is 8.86. The third-order valence-corrected chi connectivity index (χ3v) is 6.22. The molecule has 2 aromatic rings. The van der Waals surface area contributed by atoms with Crippen molar-refractivity contribution in [1.82, 2.24) is 15.2 Å². The monoisotopic (exact) mass is 507 g/mol. The number of hydrogen-bond donors (Lipinski definition) is 2. The highest BCUT2D eigenvalue weighted by molar-refractivity contribution is 7.80. The summed E-state index contributed by atoms with van der Waals surface area (Å²) < 4.78 is 54.9. The SMILES string of the molecule is CC(CO)NC(=O)c1cc2c(cc1F)CC1C(=O)N(c3cnc(C#N)c(C(F)(F)F)c3)C(=S)N1C2. The van der Waals surface area contributed by atoms with Crippen LogP contribution in [0, 0.1) is 17.1 Å². The summed E-state index contributed by atoms with van der Waals surface area (Å²) in [5.41, 5.74) is -1.63. The molecule has 182 valence electrons. The van der Waals surface area contributed by atoms with E-state index in [1.54, 1.807) is 6.92 Å². The number of hydrogen-bond acceptors (Lipinski definition) is 6. The topological polar surface area (TPSA) is 110 Å². The molecule has 0 spiro atoms. The molecule has 2 atom stereocenters. The van der Waals surface area contributed by atoms with Gasteiger partial charge >= 0.3 is 6.18 Å². The number of thiocarbonyl (C=S) groups is 1. The average molecular weight is 507 g/mol. The molecule has 35 heavy (non-hydrogen) atoms. The van der Waals surface area contributed by atoms with Gasteiger partial charge in [-0.15, -0.1) is 0 Å². The molecule has 13 heteroatoms. The number of pyridine rings is 1. The van der Waals surface area contributed by atoms with Crippen LogP contribution in [0.3, 0.4) is 0 Å². The van der Waals surface area contributed by atoms with Crippen molar-refractivity contribution in [3.8, 4) is 6.07 Å². The number of amides is 2. The average Bonchev–Trinajstić information content (AvgIpc) is 3.05. The highest BCUT2D eigenvalue weighted by Gasteiger charge is 2.46. The Balaban J connectivity index is 1.66. The molecule has 4 rings (SSSR count). The van der Waals surface area contributed by atoms with Gasteiger partial charge in [-0.1, -0.05) is 0 Å². The first-order chi connectivity index (χ1) is 16.5. The van der Waals surface area contributed by atoms with Crippen molar-refractivity contribution in [2.45, 2.75) is 38.1 Å². The zero-order valence-electron chi connectivity index (χ0n) is 18.1. The lowest BCUT2D eigenvalue weighted by atomic mass is 9.92. The van der Waals surface area contributed by atoms with Crippen LogP contribution >= 0.6 is 12.2 Å². The zero-order chi connectivity index (χ0) is 25.7. The fraction of sp³-hybridized carbons (Fsp3) is 0.318. The van der Waals surface area contributed by atoms with Crippen LogP contribution in [0.15, 0.2) is 24.4 Å². The maximum atomic E-state index is 14.7. The van der Waals surface area contributed by atoms with Gasteiger partial charge in [-0.05, 0) is 48.5 Å². The second-order valence-corrected chi connectivity index (χ2v) is 8.53. The molecule has 1 aromatic carbocycles. The van der Waals surface area contributed by atoms with E-state index in [4.69, 9.17) is 22.6 Å². The fourth-order valence-corrected chi connectivity index (χ4v) is 4.43. The number of aliphatic hydroxyl groups excluding tert-OH is 1. The standard InChI is InChI=1S/C22H17F4N5O3S/c1-10(9-32)29-19(33)14-2-12-8-30-18(4-11(12)3-16(14)23)20(34)31(21(30)35)13-5-15(22(24,25)26)17(6-27)28-7-13/h2-3,5,7,10,18,32H,4,8-9H2,1H3,(H,29,33). The van der Waals surface area contributed by atoms with Crippen molar-refractivity contribution >= 4 is 34.8 Å². The van der Waals surface area contributed by atoms with Crippen LogP contribution in [0.4, 0.5) is 23.2 Å². The van der Waals surface area contributed by atoms with Crippen molar-refractivity contribution < 1.29 is 32.3 Å². The van der Waals surface area contributed by atoms with Gasteiger partial charge in [0.05, 0.1) is 29.6 Å². The first-order valence-electron chi connectivity index (χ1n) is 10.3. The number of benzene rings is 1. The number of halogens is 4. The molecule has 1 saturated heterocycles. The number of nitriles is 1. The summed E-state index contributed by atoms with van der Waals surface area (Å²) in [4.78, 5) is 31.5. The number of alkyl halides is 3. The number of aliphatic hydroxyl groups is 1. The van der Waals surface area contributed by atoms with Crippen molar-refractivity contribution in [2.75, 3.05) is 11.5 Å². The molecule has 1 fully saturated rings. The largest absolute Gasteiger partial charge is 0.419 e. The Bertz CT molecular complexity index is 1290. The van der Waals surface area contributed by atoms with E-state index in [2.05, 4.69) is 10.3 Å². The van der Waals surface area contributed by atoms with Gasteiger partial charge in [0.25, 0.3) is 11.8 Å². The summed E-state index contributed by atoms with van der Waals surface area (Å²) in [7, 11) is 0. The van der Waals surface area contributed by atoms with Crippen molar-refractivity contribution in [3.63, 3.8) is 0 Å². The van der Waals surface area contributed by atoms with E-state index in [1.165, 1.54) is 17.0 Å². The Hall–Kier alpha value is -3.63. The van der Waals surface area contributed by atoms with Gasteiger partial charge in [-0.25, -0.2) is 9.37 Å². The number of carbonyl (C=O) groups excluding carboxylic acids is 2. The van der Waals surface area contributed by atoms with Crippen molar-refractivity contribution in [1.29, 1.82) is 5.26 Å². The van der Waals surface area contributed by atoms with Crippen LogP contribution in [0.1, 0.15) is 39.7 Å². The van der Waals surface area contributed by atoms with Gasteiger partial charge in [0.1, 0.15) is 17.9 Å². The molecular weight excluding hydrogens is 490 g/mol. The van der Waals surface area contributed by atoms with Crippen LogP contribution in [0.5, 0.6) is 0 Å². The van der Waals surface area contributed by atoms with E-state index in [9.17, 15) is 27.2 Å². The summed E-state index contributed by atoms with van der Waals surface area (Å²) >= 11 is 5.38. The van der Waals surface area contributed by atoms with Gasteiger partial charge < -0.3 is 15.3 Å². The summed E-state index contributed by atoms with van der Waals surface area (Å²) in [5.74, 6) is -2.14. The normalized spacial score (nSPS) is 18.1. The van der Waals surface area contributed by atoms with Gasteiger partial charge in [-0.2, -0.15) is 18.4 Å². The van der Waals surface area contributed by atoms with Gasteiger partial charge in [0.2, 0.25) is 0 Å². The lowest BCUT2D eigenvalue weighted by Gasteiger charge is -2.30. The van der Waals surface area contributed by atoms with E-state index < -0.39 is 47.1 Å².